The summed E-state index contributed by atoms with van der Waals surface area (Å²) in [4.78, 5) is 6.08. The number of hydrogen-bond donors (Lipinski definition) is 2. The lowest BCUT2D eigenvalue weighted by Crippen LogP contribution is -2.31. The van der Waals surface area contributed by atoms with E-state index in [1.54, 1.807) is 11.0 Å². The van der Waals surface area contributed by atoms with Gasteiger partial charge in [0.2, 0.25) is 0 Å². The van der Waals surface area contributed by atoms with E-state index in [0.717, 1.165) is 0 Å². The third-order valence-corrected chi connectivity index (χ3v) is 2.67. The van der Waals surface area contributed by atoms with Crippen LogP contribution >= 0.6 is 0 Å². The third kappa shape index (κ3) is 1.69. The molecule has 1 unspecified atom stereocenters. The Morgan fingerprint density at radius 1 is 1.56 bits per heavy atom. The number of likely N-dealkylation sites (N-methyl/N-ethyl adjacent to an activating group) is 1. The lowest BCUT2D eigenvalue weighted by Gasteiger charge is -2.20. The summed E-state index contributed by atoms with van der Waals surface area (Å²) in [6.45, 7) is 1.93. The fourth-order valence-corrected chi connectivity index (χ4v) is 1.42. The van der Waals surface area contributed by atoms with Crippen LogP contribution in [0.2, 0.25) is 0 Å². The van der Waals surface area contributed by atoms with Crippen LogP contribution in [0, 0.1) is 0 Å². The second kappa shape index (κ2) is 4.02. The molecule has 2 aromatic rings. The highest BCUT2D eigenvalue weighted by Crippen LogP contribution is 2.25. The average Bonchev–Trinajstić information content (AvgIpc) is 2.72. The first-order chi connectivity index (χ1) is 7.63. The SMILES string of the molecule is CC(CO)N(C)c1nc2c(N)cccc2o1. The molecular weight excluding hydrogens is 206 g/mol. The van der Waals surface area contributed by atoms with Gasteiger partial charge in [-0.1, -0.05) is 6.07 Å². The van der Waals surface area contributed by atoms with Crippen molar-refractivity contribution in [2.24, 2.45) is 0 Å². The molecule has 3 N–H and O–H groups in total. The number of aliphatic hydroxyl groups excluding tert-OH is 1. The normalized spacial score (nSPS) is 12.9. The van der Waals surface area contributed by atoms with Crippen molar-refractivity contribution in [3.05, 3.63) is 18.2 Å². The average molecular weight is 221 g/mol. The molecule has 5 nitrogen and oxygen atoms in total. The van der Waals surface area contributed by atoms with Crippen molar-refractivity contribution in [2.75, 3.05) is 24.3 Å². The van der Waals surface area contributed by atoms with Gasteiger partial charge in [-0.3, -0.25) is 0 Å². The van der Waals surface area contributed by atoms with Crippen LogP contribution in [0.25, 0.3) is 11.1 Å². The fraction of sp³-hybridized carbons (Fsp3) is 0.364. The molecule has 0 spiro atoms. The fourth-order valence-electron chi connectivity index (χ4n) is 1.42. The number of nitrogens with zero attached hydrogens (tertiary/aromatic N) is 2. The van der Waals surface area contributed by atoms with E-state index in [-0.39, 0.29) is 12.6 Å². The predicted molar refractivity (Wildman–Crippen MR) is 63.4 cm³/mol. The minimum Gasteiger partial charge on any atom is -0.423 e. The predicted octanol–water partition coefficient (Wildman–Crippen LogP) is 1.23. The van der Waals surface area contributed by atoms with Gasteiger partial charge in [-0.05, 0) is 19.1 Å². The van der Waals surface area contributed by atoms with E-state index < -0.39 is 0 Å². The van der Waals surface area contributed by atoms with Crippen LogP contribution in [-0.2, 0) is 0 Å². The van der Waals surface area contributed by atoms with Gasteiger partial charge in [0.1, 0.15) is 5.52 Å². The molecule has 5 heteroatoms. The molecule has 1 aromatic heterocycles. The second-order valence-electron chi connectivity index (χ2n) is 3.83. The number of aromatic nitrogens is 1. The maximum absolute atomic E-state index is 9.06. The molecule has 0 bridgehead atoms. The molecule has 0 saturated carbocycles. The second-order valence-corrected chi connectivity index (χ2v) is 3.83. The van der Waals surface area contributed by atoms with Gasteiger partial charge in [0.25, 0.3) is 6.01 Å². The first-order valence-electron chi connectivity index (χ1n) is 5.12. The summed E-state index contributed by atoms with van der Waals surface area (Å²) in [6.07, 6.45) is 0. The Morgan fingerprint density at radius 3 is 2.94 bits per heavy atom. The molecule has 0 aliphatic rings. The van der Waals surface area contributed by atoms with Crippen LogP contribution < -0.4 is 10.6 Å². The van der Waals surface area contributed by atoms with Gasteiger partial charge >= 0.3 is 0 Å². The van der Waals surface area contributed by atoms with Crippen molar-refractivity contribution in [3.63, 3.8) is 0 Å². The Balaban J connectivity index is 2.43. The summed E-state index contributed by atoms with van der Waals surface area (Å²) in [5.74, 6) is 0. The van der Waals surface area contributed by atoms with Crippen molar-refractivity contribution in [2.45, 2.75) is 13.0 Å². The van der Waals surface area contributed by atoms with E-state index in [2.05, 4.69) is 4.98 Å². The van der Waals surface area contributed by atoms with Gasteiger partial charge in [0.05, 0.1) is 18.3 Å². The molecule has 1 heterocycles. The van der Waals surface area contributed by atoms with Gasteiger partial charge in [0, 0.05) is 7.05 Å². The molecule has 0 amide bonds. The van der Waals surface area contributed by atoms with Crippen molar-refractivity contribution >= 4 is 22.8 Å². The van der Waals surface area contributed by atoms with E-state index in [4.69, 9.17) is 15.3 Å². The van der Waals surface area contributed by atoms with Gasteiger partial charge in [-0.15, -0.1) is 0 Å². The maximum atomic E-state index is 9.06. The molecule has 16 heavy (non-hydrogen) atoms. The van der Waals surface area contributed by atoms with Crippen molar-refractivity contribution in [3.8, 4) is 0 Å². The molecule has 1 atom stereocenters. The Bertz CT molecular complexity index is 495. The topological polar surface area (TPSA) is 75.5 Å². The summed E-state index contributed by atoms with van der Waals surface area (Å²) in [7, 11) is 1.82. The standard InChI is InChI=1S/C11H15N3O2/c1-7(6-15)14(2)11-13-10-8(12)4-3-5-9(10)16-11/h3-5,7,15H,6,12H2,1-2H3. The number of rotatable bonds is 3. The molecule has 2 rings (SSSR count). The lowest BCUT2D eigenvalue weighted by molar-refractivity contribution is 0.267. The third-order valence-electron chi connectivity index (χ3n) is 2.67. The van der Waals surface area contributed by atoms with Crippen molar-refractivity contribution in [1.29, 1.82) is 0 Å². The Morgan fingerprint density at radius 2 is 2.31 bits per heavy atom. The lowest BCUT2D eigenvalue weighted by atomic mass is 10.3. The van der Waals surface area contributed by atoms with Gasteiger partial charge in [-0.2, -0.15) is 4.98 Å². The molecule has 0 radical (unpaired) electrons. The van der Waals surface area contributed by atoms with Crippen LogP contribution in [0.1, 0.15) is 6.92 Å². The Hall–Kier alpha value is -1.75. The smallest absolute Gasteiger partial charge is 0.298 e. The van der Waals surface area contributed by atoms with E-state index in [9.17, 15) is 0 Å². The number of aliphatic hydroxyl groups is 1. The molecule has 0 saturated heterocycles. The summed E-state index contributed by atoms with van der Waals surface area (Å²) < 4.78 is 5.56. The van der Waals surface area contributed by atoms with Crippen molar-refractivity contribution < 1.29 is 9.52 Å². The zero-order valence-corrected chi connectivity index (χ0v) is 9.34. The number of hydrogen-bond acceptors (Lipinski definition) is 5. The Kier molecular flexibility index (Phi) is 2.70. The minimum atomic E-state index is -0.0470. The summed E-state index contributed by atoms with van der Waals surface area (Å²) >= 11 is 0. The highest BCUT2D eigenvalue weighted by Gasteiger charge is 2.15. The number of para-hydroxylation sites is 1. The highest BCUT2D eigenvalue weighted by atomic mass is 16.4. The Labute approximate surface area is 93.5 Å². The van der Waals surface area contributed by atoms with Crippen LogP contribution in [-0.4, -0.2) is 29.8 Å². The quantitative estimate of drug-likeness (QED) is 0.762. The van der Waals surface area contributed by atoms with Crippen LogP contribution in [0.15, 0.2) is 22.6 Å². The van der Waals surface area contributed by atoms with Gasteiger partial charge < -0.3 is 20.2 Å². The molecular formula is C11H15N3O2. The number of anilines is 2. The monoisotopic (exact) mass is 221 g/mol. The zero-order valence-electron chi connectivity index (χ0n) is 9.34. The maximum Gasteiger partial charge on any atom is 0.298 e. The summed E-state index contributed by atoms with van der Waals surface area (Å²) in [6, 6.07) is 5.84. The summed E-state index contributed by atoms with van der Waals surface area (Å²) in [5, 5.41) is 9.06. The number of benzene rings is 1. The van der Waals surface area contributed by atoms with Crippen molar-refractivity contribution in [1.82, 2.24) is 4.98 Å². The molecule has 0 fully saturated rings. The molecule has 0 aliphatic carbocycles. The van der Waals surface area contributed by atoms with Gasteiger partial charge in [-0.25, -0.2) is 0 Å². The van der Waals surface area contributed by atoms with E-state index in [1.807, 2.05) is 26.1 Å². The first kappa shape index (κ1) is 10.8. The first-order valence-corrected chi connectivity index (χ1v) is 5.12. The van der Waals surface area contributed by atoms with E-state index in [0.29, 0.717) is 22.8 Å². The number of fused-ring (bicyclic) bond motifs is 1. The molecule has 1 aromatic carbocycles. The number of nitrogens with two attached hydrogens (primary N) is 1. The van der Waals surface area contributed by atoms with Crippen LogP contribution in [0.5, 0.6) is 0 Å². The van der Waals surface area contributed by atoms with Crippen LogP contribution in [0.3, 0.4) is 0 Å². The highest BCUT2D eigenvalue weighted by molar-refractivity contribution is 5.86. The molecule has 0 aliphatic heterocycles. The number of nitrogen functional groups attached to an aromatic ring is 1. The summed E-state index contributed by atoms with van der Waals surface area (Å²) in [5.41, 5.74) is 7.70. The van der Waals surface area contributed by atoms with E-state index in [1.165, 1.54) is 0 Å². The van der Waals surface area contributed by atoms with Gasteiger partial charge in [0.15, 0.2) is 5.58 Å². The van der Waals surface area contributed by atoms with E-state index >= 15 is 0 Å². The zero-order chi connectivity index (χ0) is 11.7. The largest absolute Gasteiger partial charge is 0.423 e. The van der Waals surface area contributed by atoms with Crippen LogP contribution in [0.4, 0.5) is 11.7 Å². The number of oxazole rings is 1. The molecule has 86 valence electrons. The minimum absolute atomic E-state index is 0.0463.